The van der Waals surface area contributed by atoms with E-state index in [1.165, 1.54) is 0 Å². The van der Waals surface area contributed by atoms with Crippen molar-refractivity contribution in [2.45, 2.75) is 0 Å². The van der Waals surface area contributed by atoms with Crippen LogP contribution in [-0.2, 0) is 0 Å². The van der Waals surface area contributed by atoms with Gasteiger partial charge in [0.2, 0.25) is 8.27 Å². The minimum atomic E-state index is -1.19. The zero-order chi connectivity index (χ0) is 5.86. The minimum absolute atomic E-state index is 1.19. The van der Waals surface area contributed by atoms with E-state index in [9.17, 15) is 0 Å². The molecule has 0 aromatic rings. The van der Waals surface area contributed by atoms with Gasteiger partial charge >= 0.3 is 0 Å². The third-order valence-electron chi connectivity index (χ3n) is 0.688. The third-order valence-corrected chi connectivity index (χ3v) is 3.77. The predicted molar refractivity (Wildman–Crippen MR) is 36.9 cm³/mol. The molecule has 0 amide bonds. The highest BCUT2D eigenvalue weighted by atomic mass is 35.6. The zero-order valence-corrected chi connectivity index (χ0v) is 6.60. The molecule has 0 N–H and O–H groups in total. The van der Waals surface area contributed by atoms with Crippen LogP contribution in [0.4, 0.5) is 0 Å². The van der Waals surface area contributed by atoms with Crippen LogP contribution >= 0.6 is 11.1 Å². The molecular formula is C4H10ClNSi. The molecule has 3 heteroatoms. The van der Waals surface area contributed by atoms with Gasteiger partial charge in [-0.25, -0.2) is 0 Å². The van der Waals surface area contributed by atoms with Crippen molar-refractivity contribution in [3.05, 3.63) is 12.3 Å². The molecule has 0 saturated heterocycles. The molecule has 7 heavy (non-hydrogen) atoms. The Kier molecular flexibility index (Phi) is 3.34. The van der Waals surface area contributed by atoms with Crippen LogP contribution in [0.25, 0.3) is 0 Å². The maximum absolute atomic E-state index is 5.75. The lowest BCUT2D eigenvalue weighted by atomic mass is 11.2. The van der Waals surface area contributed by atoms with Gasteiger partial charge < -0.3 is 4.57 Å². The Morgan fingerprint density at radius 1 is 1.71 bits per heavy atom. The van der Waals surface area contributed by atoms with Crippen LogP contribution in [-0.4, -0.2) is 26.9 Å². The molecule has 1 unspecified atom stereocenters. The lowest BCUT2D eigenvalue weighted by Crippen LogP contribution is -2.24. The van der Waals surface area contributed by atoms with E-state index in [0.29, 0.717) is 0 Å². The number of halogens is 1. The van der Waals surface area contributed by atoms with E-state index in [4.69, 9.17) is 11.1 Å². The van der Waals surface area contributed by atoms with Gasteiger partial charge in [-0.15, -0.1) is 17.7 Å². The van der Waals surface area contributed by atoms with Crippen LogP contribution in [0.2, 0.25) is 0 Å². The van der Waals surface area contributed by atoms with E-state index < -0.39 is 8.27 Å². The highest BCUT2D eigenvalue weighted by Crippen LogP contribution is 1.91. The maximum atomic E-state index is 5.75. The maximum Gasteiger partial charge on any atom is 0.236 e. The molecular weight excluding hydrogens is 126 g/mol. The van der Waals surface area contributed by atoms with Crippen LogP contribution < -0.4 is 0 Å². The lowest BCUT2D eigenvalue weighted by molar-refractivity contribution is 0.662. The van der Waals surface area contributed by atoms with Crippen molar-refractivity contribution in [2.75, 3.05) is 14.1 Å². The van der Waals surface area contributed by atoms with Crippen LogP contribution in [0.1, 0.15) is 0 Å². The van der Waals surface area contributed by atoms with Crippen molar-refractivity contribution >= 4 is 19.3 Å². The quantitative estimate of drug-likeness (QED) is 0.399. The number of nitrogens with zero attached hydrogens (tertiary/aromatic N) is 1. The largest absolute Gasteiger partial charge is 0.317 e. The van der Waals surface area contributed by atoms with Crippen molar-refractivity contribution < 1.29 is 0 Å². The van der Waals surface area contributed by atoms with Gasteiger partial charge in [-0.2, -0.15) is 0 Å². The summed E-state index contributed by atoms with van der Waals surface area (Å²) in [5.41, 5.74) is 1.82. The second-order valence-corrected chi connectivity index (χ2v) is 5.16. The fourth-order valence-corrected chi connectivity index (χ4v) is 0.632. The first-order chi connectivity index (χ1) is 3.18. The van der Waals surface area contributed by atoms with Gasteiger partial charge in [0.05, 0.1) is 0 Å². The summed E-state index contributed by atoms with van der Waals surface area (Å²) in [6.07, 6.45) is 0. The zero-order valence-electron chi connectivity index (χ0n) is 4.69. The first kappa shape index (κ1) is 7.21. The Bertz CT molecular complexity index is 64.7. The topological polar surface area (TPSA) is 3.24 Å². The summed E-state index contributed by atoms with van der Waals surface area (Å²) in [6.45, 7) is 3.57. The monoisotopic (exact) mass is 135 g/mol. The smallest absolute Gasteiger partial charge is 0.236 e. The molecule has 0 saturated carbocycles. The Morgan fingerprint density at radius 2 is 2.14 bits per heavy atom. The fourth-order valence-electron chi connectivity index (χ4n) is 0.211. The van der Waals surface area contributed by atoms with Gasteiger partial charge in [-0.3, -0.25) is 0 Å². The molecule has 0 bridgehead atoms. The molecule has 0 aliphatic carbocycles. The van der Waals surface area contributed by atoms with Gasteiger partial charge in [-0.05, 0) is 14.1 Å². The summed E-state index contributed by atoms with van der Waals surface area (Å²) in [7, 11) is 2.74. The molecule has 0 aliphatic heterocycles. The lowest BCUT2D eigenvalue weighted by Gasteiger charge is -2.09. The summed E-state index contributed by atoms with van der Waals surface area (Å²) in [4.78, 5) is 0. The standard InChI is InChI=1S/C4H10ClNSi/c1-4-7(5)6(2)3/h4,7H,1H2,2-3H3. The van der Waals surface area contributed by atoms with Crippen molar-refractivity contribution in [3.63, 3.8) is 0 Å². The predicted octanol–water partition coefficient (Wildman–Crippen LogP) is 0.733. The molecule has 0 heterocycles. The van der Waals surface area contributed by atoms with Crippen molar-refractivity contribution in [3.8, 4) is 0 Å². The summed E-state index contributed by atoms with van der Waals surface area (Å²) >= 11 is 5.75. The molecule has 0 spiro atoms. The van der Waals surface area contributed by atoms with Gasteiger partial charge in [0, 0.05) is 0 Å². The van der Waals surface area contributed by atoms with E-state index in [1.54, 1.807) is 0 Å². The minimum Gasteiger partial charge on any atom is -0.317 e. The Hall–Kier alpha value is 0.207. The van der Waals surface area contributed by atoms with E-state index in [2.05, 4.69) is 6.58 Å². The second kappa shape index (κ2) is 3.24. The van der Waals surface area contributed by atoms with Crippen molar-refractivity contribution in [2.24, 2.45) is 0 Å². The SMILES string of the molecule is C=C[SiH](Cl)N(C)C. The van der Waals surface area contributed by atoms with E-state index in [-0.39, 0.29) is 0 Å². The Balaban J connectivity index is 3.33. The van der Waals surface area contributed by atoms with Crippen LogP contribution in [0.3, 0.4) is 0 Å². The summed E-state index contributed by atoms with van der Waals surface area (Å²) in [5.74, 6) is 0. The molecule has 0 radical (unpaired) electrons. The third kappa shape index (κ3) is 2.85. The average Bonchev–Trinajstić information content (AvgIpc) is 1.65. The first-order valence-electron chi connectivity index (χ1n) is 2.11. The highest BCUT2D eigenvalue weighted by molar-refractivity contribution is 7.08. The van der Waals surface area contributed by atoms with Crippen molar-refractivity contribution in [1.82, 2.24) is 4.57 Å². The first-order valence-corrected chi connectivity index (χ1v) is 5.04. The second-order valence-electron chi connectivity index (χ2n) is 1.57. The van der Waals surface area contributed by atoms with E-state index >= 15 is 0 Å². The Morgan fingerprint density at radius 3 is 2.14 bits per heavy atom. The summed E-state index contributed by atoms with van der Waals surface area (Å²) < 4.78 is 2.01. The fraction of sp³-hybridized carbons (Fsp3) is 0.500. The van der Waals surface area contributed by atoms with Crippen LogP contribution in [0.5, 0.6) is 0 Å². The van der Waals surface area contributed by atoms with Gasteiger partial charge in [-0.1, -0.05) is 5.70 Å². The van der Waals surface area contributed by atoms with E-state index in [0.717, 1.165) is 0 Å². The summed E-state index contributed by atoms with van der Waals surface area (Å²) in [6, 6.07) is 0. The van der Waals surface area contributed by atoms with Crippen LogP contribution in [0.15, 0.2) is 12.3 Å². The molecule has 0 aromatic carbocycles. The Labute approximate surface area is 51.0 Å². The molecule has 1 nitrogen and oxygen atoms in total. The number of hydrogen-bond acceptors (Lipinski definition) is 1. The number of hydrogen-bond donors (Lipinski definition) is 0. The molecule has 0 aromatic heterocycles. The molecule has 0 aliphatic rings. The van der Waals surface area contributed by atoms with E-state index in [1.807, 2.05) is 24.4 Å². The van der Waals surface area contributed by atoms with Gasteiger partial charge in [0.15, 0.2) is 0 Å². The highest BCUT2D eigenvalue weighted by Gasteiger charge is 2.00. The van der Waals surface area contributed by atoms with Crippen molar-refractivity contribution in [1.29, 1.82) is 0 Å². The normalized spacial score (nSPS) is 14.3. The van der Waals surface area contributed by atoms with Crippen LogP contribution in [0, 0.1) is 0 Å². The molecule has 0 fully saturated rings. The number of rotatable bonds is 2. The average molecular weight is 136 g/mol. The van der Waals surface area contributed by atoms with Gasteiger partial charge in [0.25, 0.3) is 0 Å². The molecule has 42 valence electrons. The summed E-state index contributed by atoms with van der Waals surface area (Å²) in [5, 5.41) is 0. The van der Waals surface area contributed by atoms with Gasteiger partial charge in [0.1, 0.15) is 0 Å². The molecule has 0 rings (SSSR count). The molecule has 1 atom stereocenters.